The van der Waals surface area contributed by atoms with Crippen LogP contribution >= 0.6 is 0 Å². The van der Waals surface area contributed by atoms with E-state index in [4.69, 9.17) is 0 Å². The van der Waals surface area contributed by atoms with Crippen molar-refractivity contribution in [3.05, 3.63) is 112 Å². The van der Waals surface area contributed by atoms with E-state index in [1.807, 2.05) is 42.5 Å². The van der Waals surface area contributed by atoms with Crippen LogP contribution in [-0.2, 0) is 17.6 Å². The second-order valence-corrected chi connectivity index (χ2v) is 8.29. The van der Waals surface area contributed by atoms with Gasteiger partial charge in [-0.1, -0.05) is 72.8 Å². The van der Waals surface area contributed by atoms with E-state index in [0.29, 0.717) is 36.0 Å². The van der Waals surface area contributed by atoms with Gasteiger partial charge in [-0.3, -0.25) is 9.59 Å². The van der Waals surface area contributed by atoms with Gasteiger partial charge in [0.2, 0.25) is 5.91 Å². The average Bonchev–Trinajstić information content (AvgIpc) is 2.85. The van der Waals surface area contributed by atoms with Gasteiger partial charge in [-0.25, -0.2) is 4.98 Å². The summed E-state index contributed by atoms with van der Waals surface area (Å²) in [7, 11) is 0. The van der Waals surface area contributed by atoms with E-state index in [0.717, 1.165) is 24.8 Å². The highest BCUT2D eigenvalue weighted by molar-refractivity contribution is 5.77. The van der Waals surface area contributed by atoms with E-state index < -0.39 is 0 Å². The minimum atomic E-state index is -0.136. The van der Waals surface area contributed by atoms with Crippen molar-refractivity contribution in [3.8, 4) is 0 Å². The fourth-order valence-corrected chi connectivity index (χ4v) is 4.10. The van der Waals surface area contributed by atoms with Crippen molar-refractivity contribution >= 4 is 16.8 Å². The summed E-state index contributed by atoms with van der Waals surface area (Å²) in [6.07, 6.45) is 4.42. The summed E-state index contributed by atoms with van der Waals surface area (Å²) >= 11 is 0. The van der Waals surface area contributed by atoms with Gasteiger partial charge < -0.3 is 10.3 Å². The Kier molecular flexibility index (Phi) is 7.64. The molecule has 1 atom stereocenters. The number of carbonyl (C=O) groups excluding carboxylic acids is 1. The van der Waals surface area contributed by atoms with Crippen LogP contribution in [-0.4, -0.2) is 15.9 Å². The molecule has 0 saturated heterocycles. The first-order valence-electron chi connectivity index (χ1n) is 11.6. The quantitative estimate of drug-likeness (QED) is 0.360. The van der Waals surface area contributed by atoms with Crippen molar-refractivity contribution in [2.45, 2.75) is 44.6 Å². The summed E-state index contributed by atoms with van der Waals surface area (Å²) in [4.78, 5) is 32.3. The lowest BCUT2D eigenvalue weighted by molar-refractivity contribution is -0.122. The van der Waals surface area contributed by atoms with Gasteiger partial charge in [-0.15, -0.1) is 0 Å². The number of aryl methyl sites for hydroxylation is 2. The number of aromatic nitrogens is 2. The summed E-state index contributed by atoms with van der Waals surface area (Å²) in [6, 6.07) is 27.8. The summed E-state index contributed by atoms with van der Waals surface area (Å²) in [6.45, 7) is 0. The fraction of sp³-hybridized carbons (Fsp3) is 0.250. The largest absolute Gasteiger partial charge is 0.349 e. The van der Waals surface area contributed by atoms with Crippen molar-refractivity contribution < 1.29 is 4.79 Å². The van der Waals surface area contributed by atoms with E-state index >= 15 is 0 Å². The maximum atomic E-state index is 12.7. The lowest BCUT2D eigenvalue weighted by Gasteiger charge is -2.19. The highest BCUT2D eigenvalue weighted by atomic mass is 16.1. The number of fused-ring (bicyclic) bond motifs is 1. The maximum Gasteiger partial charge on any atom is 0.258 e. The average molecular weight is 440 g/mol. The van der Waals surface area contributed by atoms with Gasteiger partial charge in [0.15, 0.2) is 0 Å². The Morgan fingerprint density at radius 2 is 1.55 bits per heavy atom. The molecular weight excluding hydrogens is 410 g/mol. The van der Waals surface area contributed by atoms with Gasteiger partial charge >= 0.3 is 0 Å². The van der Waals surface area contributed by atoms with Crippen molar-refractivity contribution in [2.75, 3.05) is 0 Å². The Labute approximate surface area is 193 Å². The Hall–Kier alpha value is -3.73. The summed E-state index contributed by atoms with van der Waals surface area (Å²) in [5.41, 5.74) is 2.98. The molecule has 4 rings (SSSR count). The summed E-state index contributed by atoms with van der Waals surface area (Å²) in [5.74, 6) is 0.640. The monoisotopic (exact) mass is 439 g/mol. The zero-order valence-corrected chi connectivity index (χ0v) is 18.7. The molecule has 168 valence electrons. The normalized spacial score (nSPS) is 11.9. The van der Waals surface area contributed by atoms with Crippen molar-refractivity contribution in [2.24, 2.45) is 0 Å². The van der Waals surface area contributed by atoms with E-state index in [9.17, 15) is 9.59 Å². The molecule has 0 aliphatic rings. The van der Waals surface area contributed by atoms with Crippen molar-refractivity contribution in [1.29, 1.82) is 0 Å². The number of hydrogen-bond donors (Lipinski definition) is 2. The number of para-hydroxylation sites is 1. The van der Waals surface area contributed by atoms with Crippen LogP contribution in [0.15, 0.2) is 89.7 Å². The van der Waals surface area contributed by atoms with E-state index in [1.165, 1.54) is 5.56 Å². The summed E-state index contributed by atoms with van der Waals surface area (Å²) in [5, 5.41) is 3.80. The number of nitrogens with zero attached hydrogens (tertiary/aromatic N) is 1. The Bertz CT molecular complexity index is 1240. The van der Waals surface area contributed by atoms with Crippen LogP contribution in [0.25, 0.3) is 10.9 Å². The first-order chi connectivity index (χ1) is 16.2. The van der Waals surface area contributed by atoms with Crippen molar-refractivity contribution in [3.63, 3.8) is 0 Å². The van der Waals surface area contributed by atoms with Crippen LogP contribution in [0.3, 0.4) is 0 Å². The first-order valence-corrected chi connectivity index (χ1v) is 11.6. The molecule has 5 nitrogen and oxygen atoms in total. The number of hydrogen-bond acceptors (Lipinski definition) is 3. The molecule has 33 heavy (non-hydrogen) atoms. The van der Waals surface area contributed by atoms with Gasteiger partial charge in [0.1, 0.15) is 5.82 Å². The molecule has 0 aliphatic heterocycles. The van der Waals surface area contributed by atoms with E-state index in [1.54, 1.807) is 6.07 Å². The third kappa shape index (κ3) is 6.39. The molecule has 0 aliphatic carbocycles. The third-order valence-corrected chi connectivity index (χ3v) is 5.82. The van der Waals surface area contributed by atoms with Crippen LogP contribution in [0.2, 0.25) is 0 Å². The van der Waals surface area contributed by atoms with Crippen molar-refractivity contribution in [1.82, 2.24) is 15.3 Å². The summed E-state index contributed by atoms with van der Waals surface area (Å²) < 4.78 is 0. The van der Waals surface area contributed by atoms with Crippen LogP contribution in [0.1, 0.15) is 48.7 Å². The van der Waals surface area contributed by atoms with Gasteiger partial charge in [0.25, 0.3) is 5.56 Å². The minimum Gasteiger partial charge on any atom is -0.349 e. The zero-order chi connectivity index (χ0) is 22.9. The smallest absolute Gasteiger partial charge is 0.258 e. The molecular formula is C28H29N3O2. The van der Waals surface area contributed by atoms with E-state index in [2.05, 4.69) is 51.7 Å². The molecule has 1 heterocycles. The predicted molar refractivity (Wildman–Crippen MR) is 132 cm³/mol. The van der Waals surface area contributed by atoms with Gasteiger partial charge in [-0.2, -0.15) is 0 Å². The minimum absolute atomic E-state index is 0.0130. The number of benzene rings is 3. The highest BCUT2D eigenvalue weighted by Gasteiger charge is 2.14. The lowest BCUT2D eigenvalue weighted by atomic mass is 9.98. The molecule has 4 aromatic rings. The topological polar surface area (TPSA) is 74.8 Å². The van der Waals surface area contributed by atoms with Crippen LogP contribution in [0, 0.1) is 0 Å². The molecule has 3 aromatic carbocycles. The standard InChI is InChI=1S/C28H29N3O2/c32-27(20-10-19-26-29-25-17-8-7-16-23(25)28(33)31-26)30-24(22-14-5-2-6-15-22)18-9-13-21-11-3-1-4-12-21/h1-8,11-12,14-17,24H,9-10,13,18-20H2,(H,30,32)(H,29,31,33). The highest BCUT2D eigenvalue weighted by Crippen LogP contribution is 2.20. The number of H-pyrrole nitrogens is 1. The second kappa shape index (κ2) is 11.2. The molecule has 5 heteroatoms. The molecule has 1 amide bonds. The SMILES string of the molecule is O=C(CCCc1nc2ccccc2c(=O)[nH]1)NC(CCCc1ccccc1)c1ccccc1. The third-order valence-electron chi connectivity index (χ3n) is 5.82. The number of carbonyl (C=O) groups is 1. The molecule has 2 N–H and O–H groups in total. The van der Waals surface area contributed by atoms with Gasteiger partial charge in [0, 0.05) is 12.8 Å². The predicted octanol–water partition coefficient (Wildman–Crippen LogP) is 5.13. The van der Waals surface area contributed by atoms with Gasteiger partial charge in [-0.05, 0) is 48.9 Å². The molecule has 0 spiro atoms. The van der Waals surface area contributed by atoms with Crippen LogP contribution in [0.4, 0.5) is 0 Å². The van der Waals surface area contributed by atoms with Crippen LogP contribution in [0.5, 0.6) is 0 Å². The van der Waals surface area contributed by atoms with E-state index in [-0.39, 0.29) is 17.5 Å². The Morgan fingerprint density at radius 3 is 2.33 bits per heavy atom. The van der Waals surface area contributed by atoms with Crippen LogP contribution < -0.4 is 10.9 Å². The first kappa shape index (κ1) is 22.5. The molecule has 0 bridgehead atoms. The molecule has 0 saturated carbocycles. The Morgan fingerprint density at radius 1 is 0.848 bits per heavy atom. The number of aromatic amines is 1. The molecule has 1 unspecified atom stereocenters. The maximum absolute atomic E-state index is 12.7. The number of nitrogens with one attached hydrogen (secondary N) is 2. The molecule has 0 radical (unpaired) electrons. The molecule has 0 fully saturated rings. The number of rotatable bonds is 10. The number of amides is 1. The Balaban J connectivity index is 1.32. The zero-order valence-electron chi connectivity index (χ0n) is 18.7. The lowest BCUT2D eigenvalue weighted by Crippen LogP contribution is -2.28. The fourth-order valence-electron chi connectivity index (χ4n) is 4.10. The second-order valence-electron chi connectivity index (χ2n) is 8.29. The molecule has 1 aromatic heterocycles. The van der Waals surface area contributed by atoms with Gasteiger partial charge in [0.05, 0.1) is 16.9 Å².